The lowest BCUT2D eigenvalue weighted by Gasteiger charge is -2.31. The molecule has 1 aromatic carbocycles. The molecule has 42 heavy (non-hydrogen) atoms. The molecule has 222 valence electrons. The first-order valence-electron chi connectivity index (χ1n) is 14.1. The van der Waals surface area contributed by atoms with E-state index in [1.807, 2.05) is 32.9 Å². The highest BCUT2D eigenvalue weighted by molar-refractivity contribution is 5.89. The van der Waals surface area contributed by atoms with E-state index >= 15 is 0 Å². The summed E-state index contributed by atoms with van der Waals surface area (Å²) in [5, 5.41) is 13.6. The number of carboxylic acid groups (broad SMARTS) is 1. The number of aromatic nitrogens is 5. The number of carbonyl (C=O) groups is 2. The predicted octanol–water partition coefficient (Wildman–Crippen LogP) is 4.65. The van der Waals surface area contributed by atoms with Crippen molar-refractivity contribution in [2.24, 2.45) is 7.05 Å². The van der Waals surface area contributed by atoms with Crippen LogP contribution in [0, 0.1) is 0 Å². The maximum Gasteiger partial charge on any atom is 0.410 e. The Balaban J connectivity index is 1.19. The fourth-order valence-corrected chi connectivity index (χ4v) is 5.22. The number of carbonyl (C=O) groups excluding carboxylic acids is 1. The zero-order chi connectivity index (χ0) is 30.0. The largest absolute Gasteiger partial charge is 0.478 e. The van der Waals surface area contributed by atoms with Gasteiger partial charge in [-0.1, -0.05) is 6.07 Å². The Morgan fingerprint density at radius 3 is 2.71 bits per heavy atom. The molecule has 0 fully saturated rings. The normalized spacial score (nSPS) is 13.3. The Labute approximate surface area is 244 Å². The van der Waals surface area contributed by atoms with Crippen LogP contribution in [0.1, 0.15) is 61.5 Å². The number of nitrogens with zero attached hydrogens (tertiary/aromatic N) is 6. The molecule has 1 amide bonds. The Kier molecular flexibility index (Phi) is 8.06. The number of ether oxygens (including phenoxy) is 2. The lowest BCUT2D eigenvalue weighted by molar-refractivity contribution is 0.0224. The first-order chi connectivity index (χ1) is 20.0. The monoisotopic (exact) mass is 575 g/mol. The van der Waals surface area contributed by atoms with Crippen LogP contribution >= 0.6 is 0 Å². The second-order valence-corrected chi connectivity index (χ2v) is 11.5. The molecule has 5 rings (SSSR count). The molecule has 3 aromatic heterocycles. The summed E-state index contributed by atoms with van der Waals surface area (Å²) in [4.78, 5) is 34.6. The molecule has 0 radical (unpaired) electrons. The minimum atomic E-state index is -1.01. The van der Waals surface area contributed by atoms with E-state index in [1.54, 1.807) is 22.8 Å². The Morgan fingerprint density at radius 2 is 1.95 bits per heavy atom. The number of carboxylic acids is 1. The van der Waals surface area contributed by atoms with Gasteiger partial charge in [0.15, 0.2) is 0 Å². The number of benzene rings is 1. The van der Waals surface area contributed by atoms with Crippen LogP contribution in [0.4, 0.5) is 10.7 Å². The van der Waals surface area contributed by atoms with E-state index < -0.39 is 11.6 Å². The molecule has 0 spiro atoms. The average molecular weight is 576 g/mol. The summed E-state index contributed by atoms with van der Waals surface area (Å²) in [6.45, 7) is 7.88. The van der Waals surface area contributed by atoms with Crippen LogP contribution < -0.4 is 10.5 Å². The van der Waals surface area contributed by atoms with Gasteiger partial charge in [0.25, 0.3) is 0 Å². The van der Waals surface area contributed by atoms with Crippen LogP contribution in [0.25, 0.3) is 22.3 Å². The Morgan fingerprint density at radius 1 is 1.14 bits per heavy atom. The molecule has 4 aromatic rings. The van der Waals surface area contributed by atoms with Gasteiger partial charge in [-0.2, -0.15) is 5.10 Å². The van der Waals surface area contributed by atoms with Gasteiger partial charge in [0.2, 0.25) is 11.8 Å². The molecule has 1 aliphatic heterocycles. The van der Waals surface area contributed by atoms with E-state index in [0.29, 0.717) is 49.2 Å². The van der Waals surface area contributed by atoms with Gasteiger partial charge in [0, 0.05) is 32.9 Å². The van der Waals surface area contributed by atoms with E-state index in [0.717, 1.165) is 42.4 Å². The van der Waals surface area contributed by atoms with Crippen LogP contribution in [0.5, 0.6) is 5.88 Å². The van der Waals surface area contributed by atoms with Crippen molar-refractivity contribution < 1.29 is 24.2 Å². The predicted molar refractivity (Wildman–Crippen MR) is 157 cm³/mol. The molecule has 0 bridgehead atoms. The van der Waals surface area contributed by atoms with Crippen LogP contribution in [-0.4, -0.2) is 65.1 Å². The first-order valence-corrected chi connectivity index (χ1v) is 14.1. The van der Waals surface area contributed by atoms with E-state index in [9.17, 15) is 14.7 Å². The van der Waals surface area contributed by atoms with Gasteiger partial charge in [-0.25, -0.2) is 19.3 Å². The summed E-state index contributed by atoms with van der Waals surface area (Å²) in [6.07, 6.45) is 6.10. The zero-order valence-corrected chi connectivity index (χ0v) is 24.5. The lowest BCUT2D eigenvalue weighted by Crippen LogP contribution is -2.40. The number of unbranched alkanes of at least 4 members (excludes halogenated alkanes) is 2. The summed E-state index contributed by atoms with van der Waals surface area (Å²) in [5.41, 5.74) is 11.3. The van der Waals surface area contributed by atoms with Gasteiger partial charge in [0.1, 0.15) is 5.60 Å². The fraction of sp³-hybridized carbons (Fsp3) is 0.433. The Hall–Kier alpha value is -4.61. The highest BCUT2D eigenvalue weighted by Gasteiger charge is 2.28. The van der Waals surface area contributed by atoms with Crippen LogP contribution in [0.15, 0.2) is 36.7 Å². The smallest absolute Gasteiger partial charge is 0.410 e. The molecule has 0 unspecified atom stereocenters. The number of fused-ring (bicyclic) bond motifs is 3. The fourth-order valence-electron chi connectivity index (χ4n) is 5.22. The van der Waals surface area contributed by atoms with E-state index in [2.05, 4.69) is 19.6 Å². The van der Waals surface area contributed by atoms with Gasteiger partial charge in [0.05, 0.1) is 40.7 Å². The number of hydrogen-bond donors (Lipinski definition) is 2. The molecule has 12 heteroatoms. The lowest BCUT2D eigenvalue weighted by atomic mass is 9.98. The number of nitrogens with two attached hydrogens (primary N) is 1. The van der Waals surface area contributed by atoms with Crippen molar-refractivity contribution >= 4 is 29.0 Å². The number of rotatable bonds is 9. The third-order valence-electron chi connectivity index (χ3n) is 7.22. The molecule has 0 saturated heterocycles. The highest BCUT2D eigenvalue weighted by atomic mass is 16.6. The first kappa shape index (κ1) is 28.9. The van der Waals surface area contributed by atoms with Gasteiger partial charge < -0.3 is 29.8 Å². The molecule has 12 nitrogen and oxygen atoms in total. The number of hydrogen-bond acceptors (Lipinski definition) is 8. The molecule has 4 heterocycles. The highest BCUT2D eigenvalue weighted by Crippen LogP contribution is 2.31. The maximum atomic E-state index is 12.6. The van der Waals surface area contributed by atoms with Crippen molar-refractivity contribution in [2.45, 2.75) is 65.1 Å². The van der Waals surface area contributed by atoms with Gasteiger partial charge in [-0.15, -0.1) is 0 Å². The summed E-state index contributed by atoms with van der Waals surface area (Å²) < 4.78 is 15.3. The number of imidazole rings is 1. The third kappa shape index (κ3) is 6.17. The molecular formula is C30H37N7O5. The van der Waals surface area contributed by atoms with Crippen molar-refractivity contribution in [2.75, 3.05) is 18.9 Å². The third-order valence-corrected chi connectivity index (χ3v) is 7.22. The van der Waals surface area contributed by atoms with Crippen molar-refractivity contribution in [3.8, 4) is 17.1 Å². The summed E-state index contributed by atoms with van der Waals surface area (Å²) in [7, 11) is 1.78. The minimum Gasteiger partial charge on any atom is -0.478 e. The van der Waals surface area contributed by atoms with Gasteiger partial charge in [-0.05, 0) is 75.8 Å². The standard InChI is InChI=1S/C30H37N7O5/c1-30(2,3)42-29(40)36-14-11-21-20(18-36)8-9-23-25(21)37(28(31)34-23)13-6-5-7-15-41-26-22(17-33-35(26)4)24-16-19(27(38)39)10-12-32-24/h8-10,12,16-17H,5-7,11,13-15,18H2,1-4H3,(H2,31,34)(H,38,39). The second-order valence-electron chi connectivity index (χ2n) is 11.5. The second kappa shape index (κ2) is 11.7. The van der Waals surface area contributed by atoms with E-state index in [1.165, 1.54) is 23.9 Å². The van der Waals surface area contributed by atoms with Gasteiger partial charge in [-0.3, -0.25) is 4.98 Å². The maximum absolute atomic E-state index is 12.6. The van der Waals surface area contributed by atoms with E-state index in [-0.39, 0.29) is 11.7 Å². The molecule has 1 aliphatic rings. The molecule has 0 aliphatic carbocycles. The number of aryl methyl sites for hydroxylation is 2. The quantitative estimate of drug-likeness (QED) is 0.272. The summed E-state index contributed by atoms with van der Waals surface area (Å²) in [5.74, 6) is 0.0152. The van der Waals surface area contributed by atoms with Gasteiger partial charge >= 0.3 is 12.1 Å². The van der Waals surface area contributed by atoms with Crippen LogP contribution in [0.2, 0.25) is 0 Å². The summed E-state index contributed by atoms with van der Waals surface area (Å²) >= 11 is 0. The van der Waals surface area contributed by atoms with Crippen LogP contribution in [0.3, 0.4) is 0 Å². The van der Waals surface area contributed by atoms with Crippen molar-refractivity contribution in [3.63, 3.8) is 0 Å². The molecule has 0 atom stereocenters. The van der Waals surface area contributed by atoms with Crippen LogP contribution in [-0.2, 0) is 31.3 Å². The number of nitrogen functional groups attached to an aromatic ring is 1. The number of amides is 1. The number of aromatic carboxylic acids is 1. The number of anilines is 1. The van der Waals surface area contributed by atoms with E-state index in [4.69, 9.17) is 15.2 Å². The Bertz CT molecular complexity index is 1620. The van der Waals surface area contributed by atoms with Crippen molar-refractivity contribution in [1.82, 2.24) is 29.2 Å². The SMILES string of the molecule is Cn1ncc(-c2cc(C(=O)O)ccn2)c1OCCCCCn1c(N)nc2ccc3c(c21)CCN(C(=O)OC(C)(C)C)C3. The average Bonchev–Trinajstić information content (AvgIpc) is 3.47. The minimum absolute atomic E-state index is 0.155. The topological polar surface area (TPSA) is 151 Å². The van der Waals surface area contributed by atoms with Crippen molar-refractivity contribution in [1.29, 1.82) is 0 Å². The molecule has 3 N–H and O–H groups in total. The number of pyridine rings is 1. The summed E-state index contributed by atoms with van der Waals surface area (Å²) in [6, 6.07) is 6.97. The molecule has 0 saturated carbocycles. The molecular weight excluding hydrogens is 538 g/mol. The van der Waals surface area contributed by atoms with Crippen molar-refractivity contribution in [3.05, 3.63) is 53.3 Å². The zero-order valence-electron chi connectivity index (χ0n) is 24.5.